The van der Waals surface area contributed by atoms with Crippen molar-refractivity contribution in [3.05, 3.63) is 63.6 Å². The van der Waals surface area contributed by atoms with Gasteiger partial charge in [0.25, 0.3) is 0 Å². The van der Waals surface area contributed by atoms with E-state index in [1.54, 1.807) is 0 Å². The third-order valence-electron chi connectivity index (χ3n) is 3.64. The van der Waals surface area contributed by atoms with Gasteiger partial charge in [-0.3, -0.25) is 0 Å². The molecule has 0 N–H and O–H groups in total. The van der Waals surface area contributed by atoms with Crippen molar-refractivity contribution in [3.8, 4) is 0 Å². The number of fused-ring (bicyclic) bond motifs is 1. The van der Waals surface area contributed by atoms with Crippen molar-refractivity contribution in [1.82, 2.24) is 0 Å². The average molecular weight is 337 g/mol. The van der Waals surface area contributed by atoms with Gasteiger partial charge in [0.1, 0.15) is 0 Å². The first-order valence-corrected chi connectivity index (χ1v) is 7.77. The summed E-state index contributed by atoms with van der Waals surface area (Å²) in [6.45, 7) is 2.05. The van der Waals surface area contributed by atoms with E-state index in [4.69, 9.17) is 11.6 Å². The molecule has 0 atom stereocenters. The largest absolute Gasteiger partial charge is 0.366 e. The fourth-order valence-corrected chi connectivity index (χ4v) is 3.43. The average Bonchev–Trinajstić information content (AvgIpc) is 2.46. The Morgan fingerprint density at radius 1 is 1.11 bits per heavy atom. The predicted octanol–water partition coefficient (Wildman–Crippen LogP) is 4.75. The summed E-state index contributed by atoms with van der Waals surface area (Å²) in [6.07, 6.45) is 1.11. The van der Waals surface area contributed by atoms with Crippen molar-refractivity contribution in [2.45, 2.75) is 18.8 Å². The van der Waals surface area contributed by atoms with Crippen molar-refractivity contribution >= 4 is 33.2 Å². The molecule has 3 heteroatoms. The van der Waals surface area contributed by atoms with Gasteiger partial charge < -0.3 is 4.90 Å². The van der Waals surface area contributed by atoms with Gasteiger partial charge in [-0.15, -0.1) is 11.6 Å². The number of nitrogens with zero attached hydrogens (tertiary/aromatic N) is 1. The van der Waals surface area contributed by atoms with Crippen LogP contribution in [0.4, 0.5) is 5.69 Å². The first-order valence-electron chi connectivity index (χ1n) is 6.44. The molecule has 19 heavy (non-hydrogen) atoms. The molecule has 0 radical (unpaired) electrons. The molecule has 1 nitrogen and oxygen atoms in total. The second-order valence-electron chi connectivity index (χ2n) is 4.86. The molecule has 0 bridgehead atoms. The van der Waals surface area contributed by atoms with Crippen LogP contribution in [-0.4, -0.2) is 6.54 Å². The van der Waals surface area contributed by atoms with Gasteiger partial charge >= 0.3 is 0 Å². The van der Waals surface area contributed by atoms with Gasteiger partial charge in [-0.25, -0.2) is 0 Å². The summed E-state index contributed by atoms with van der Waals surface area (Å²) in [4.78, 5) is 2.42. The standard InChI is InChI=1S/C16H15BrClN/c17-15-9-12(10-18)5-6-16(15)19-8-7-13-3-1-2-4-14(13)11-19/h1-6,9H,7-8,10-11H2. The van der Waals surface area contributed by atoms with E-state index in [0.717, 1.165) is 29.5 Å². The number of hydrogen-bond acceptors (Lipinski definition) is 1. The monoisotopic (exact) mass is 335 g/mol. The van der Waals surface area contributed by atoms with E-state index in [-0.39, 0.29) is 0 Å². The lowest BCUT2D eigenvalue weighted by Gasteiger charge is -2.31. The van der Waals surface area contributed by atoms with E-state index in [1.165, 1.54) is 16.8 Å². The van der Waals surface area contributed by atoms with Crippen LogP contribution in [0.5, 0.6) is 0 Å². The molecular formula is C16H15BrClN. The number of benzene rings is 2. The highest BCUT2D eigenvalue weighted by molar-refractivity contribution is 9.10. The van der Waals surface area contributed by atoms with Crippen molar-refractivity contribution in [1.29, 1.82) is 0 Å². The minimum absolute atomic E-state index is 0.557. The van der Waals surface area contributed by atoms with E-state index < -0.39 is 0 Å². The molecule has 0 spiro atoms. The Balaban J connectivity index is 1.89. The Labute approximate surface area is 127 Å². The minimum Gasteiger partial charge on any atom is -0.366 e. The number of anilines is 1. The third kappa shape index (κ3) is 2.65. The van der Waals surface area contributed by atoms with Crippen LogP contribution in [0.15, 0.2) is 46.9 Å². The van der Waals surface area contributed by atoms with Crippen molar-refractivity contribution < 1.29 is 0 Å². The predicted molar refractivity (Wildman–Crippen MR) is 84.9 cm³/mol. The second kappa shape index (κ2) is 5.56. The molecule has 2 aromatic rings. The highest BCUT2D eigenvalue weighted by Gasteiger charge is 2.17. The number of hydrogen-bond donors (Lipinski definition) is 0. The van der Waals surface area contributed by atoms with Crippen LogP contribution in [0.1, 0.15) is 16.7 Å². The van der Waals surface area contributed by atoms with E-state index in [0.29, 0.717) is 5.88 Å². The summed E-state index contributed by atoms with van der Waals surface area (Å²) in [5.41, 5.74) is 5.31. The van der Waals surface area contributed by atoms with Crippen LogP contribution in [0.2, 0.25) is 0 Å². The topological polar surface area (TPSA) is 3.24 Å². The zero-order valence-corrected chi connectivity index (χ0v) is 12.9. The smallest absolute Gasteiger partial charge is 0.0513 e. The maximum absolute atomic E-state index is 5.87. The maximum Gasteiger partial charge on any atom is 0.0513 e. The molecular weight excluding hydrogens is 322 g/mol. The van der Waals surface area contributed by atoms with Gasteiger partial charge in [0, 0.05) is 23.4 Å². The van der Waals surface area contributed by atoms with Crippen LogP contribution >= 0.6 is 27.5 Å². The van der Waals surface area contributed by atoms with E-state index >= 15 is 0 Å². The molecule has 0 saturated carbocycles. The molecule has 0 aromatic heterocycles. The zero-order valence-electron chi connectivity index (χ0n) is 10.6. The lowest BCUT2D eigenvalue weighted by molar-refractivity contribution is 0.730. The zero-order chi connectivity index (χ0) is 13.2. The molecule has 2 aromatic carbocycles. The molecule has 0 aliphatic carbocycles. The Bertz CT molecular complexity index is 597. The lowest BCUT2D eigenvalue weighted by Crippen LogP contribution is -2.30. The third-order valence-corrected chi connectivity index (χ3v) is 4.58. The number of alkyl halides is 1. The van der Waals surface area contributed by atoms with Crippen LogP contribution < -0.4 is 4.90 Å². The van der Waals surface area contributed by atoms with Crippen LogP contribution in [0.25, 0.3) is 0 Å². The molecule has 3 rings (SSSR count). The Kier molecular flexibility index (Phi) is 3.81. The highest BCUT2D eigenvalue weighted by Crippen LogP contribution is 2.31. The van der Waals surface area contributed by atoms with Crippen molar-refractivity contribution in [2.75, 3.05) is 11.4 Å². The normalized spacial score (nSPS) is 14.3. The first kappa shape index (κ1) is 13.0. The van der Waals surface area contributed by atoms with E-state index in [1.807, 2.05) is 0 Å². The Hall–Kier alpha value is -0.990. The van der Waals surface area contributed by atoms with Gasteiger partial charge in [-0.05, 0) is 51.2 Å². The summed E-state index contributed by atoms with van der Waals surface area (Å²) in [7, 11) is 0. The maximum atomic E-state index is 5.87. The van der Waals surface area contributed by atoms with E-state index in [9.17, 15) is 0 Å². The summed E-state index contributed by atoms with van der Waals surface area (Å²) >= 11 is 9.53. The summed E-state index contributed by atoms with van der Waals surface area (Å²) < 4.78 is 1.13. The Morgan fingerprint density at radius 2 is 1.89 bits per heavy atom. The van der Waals surface area contributed by atoms with Crippen LogP contribution in [0, 0.1) is 0 Å². The molecule has 0 fully saturated rings. The van der Waals surface area contributed by atoms with E-state index in [2.05, 4.69) is 63.3 Å². The van der Waals surface area contributed by atoms with Gasteiger partial charge in [-0.1, -0.05) is 30.3 Å². The van der Waals surface area contributed by atoms with Gasteiger partial charge in [-0.2, -0.15) is 0 Å². The number of rotatable bonds is 2. The highest BCUT2D eigenvalue weighted by atomic mass is 79.9. The molecule has 1 aliphatic rings. The van der Waals surface area contributed by atoms with Crippen molar-refractivity contribution in [3.63, 3.8) is 0 Å². The fourth-order valence-electron chi connectivity index (χ4n) is 2.59. The minimum atomic E-state index is 0.557. The quantitative estimate of drug-likeness (QED) is 0.715. The summed E-state index contributed by atoms with van der Waals surface area (Å²) in [5, 5.41) is 0. The van der Waals surface area contributed by atoms with Crippen molar-refractivity contribution in [2.24, 2.45) is 0 Å². The van der Waals surface area contributed by atoms with Gasteiger partial charge in [0.15, 0.2) is 0 Å². The summed E-state index contributed by atoms with van der Waals surface area (Å²) in [6, 6.07) is 15.1. The number of halogens is 2. The van der Waals surface area contributed by atoms with Crippen LogP contribution in [-0.2, 0) is 18.8 Å². The van der Waals surface area contributed by atoms with Crippen LogP contribution in [0.3, 0.4) is 0 Å². The first-order chi connectivity index (χ1) is 9.28. The molecule has 0 amide bonds. The molecule has 0 saturated heterocycles. The Morgan fingerprint density at radius 3 is 2.63 bits per heavy atom. The summed E-state index contributed by atoms with van der Waals surface area (Å²) in [5.74, 6) is 0.557. The SMILES string of the molecule is ClCc1ccc(N2CCc3ccccc3C2)c(Br)c1. The van der Waals surface area contributed by atoms with Gasteiger partial charge in [0.05, 0.1) is 5.69 Å². The fraction of sp³-hybridized carbons (Fsp3) is 0.250. The molecule has 0 unspecified atom stereocenters. The molecule has 98 valence electrons. The molecule has 1 heterocycles. The second-order valence-corrected chi connectivity index (χ2v) is 5.98. The molecule has 1 aliphatic heterocycles. The lowest BCUT2D eigenvalue weighted by atomic mass is 9.99. The van der Waals surface area contributed by atoms with Gasteiger partial charge in [0.2, 0.25) is 0 Å².